The maximum atomic E-state index is 15.0. The predicted molar refractivity (Wildman–Crippen MR) is 161 cm³/mol. The molecule has 1 atom stereocenters. The van der Waals surface area contributed by atoms with Gasteiger partial charge in [-0.3, -0.25) is 19.5 Å². The summed E-state index contributed by atoms with van der Waals surface area (Å²) in [5.41, 5.74) is 7.98. The molecule has 47 heavy (non-hydrogen) atoms. The van der Waals surface area contributed by atoms with Gasteiger partial charge in [0.25, 0.3) is 5.91 Å². The maximum Gasteiger partial charge on any atom is 0.482 e. The molecule has 242 valence electrons. The summed E-state index contributed by atoms with van der Waals surface area (Å²) in [5.74, 6) is -2.40. The zero-order valence-electron chi connectivity index (χ0n) is 24.6. The number of aromatic nitrogens is 6. The Kier molecular flexibility index (Phi) is 7.38. The number of ether oxygens (including phenoxy) is 1. The first kappa shape index (κ1) is 30.6. The van der Waals surface area contributed by atoms with Crippen molar-refractivity contribution in [1.82, 2.24) is 29.5 Å². The number of nitrogens with two attached hydrogens (primary N) is 1. The molecule has 11 nitrogen and oxygen atoms in total. The molecular weight excluding hydrogens is 644 g/mol. The van der Waals surface area contributed by atoms with Gasteiger partial charge in [0.15, 0.2) is 11.4 Å². The van der Waals surface area contributed by atoms with Crippen molar-refractivity contribution in [3.05, 3.63) is 82.7 Å². The van der Waals surface area contributed by atoms with Crippen LogP contribution < -0.4 is 15.4 Å². The molecule has 16 heteroatoms. The van der Waals surface area contributed by atoms with Gasteiger partial charge in [-0.25, -0.2) is 14.3 Å². The summed E-state index contributed by atoms with van der Waals surface area (Å²) in [6.07, 6.45) is 2.04. The summed E-state index contributed by atoms with van der Waals surface area (Å²) in [4.78, 5) is 35.6. The van der Waals surface area contributed by atoms with Crippen molar-refractivity contribution >= 4 is 40.1 Å². The Morgan fingerprint density at radius 2 is 1.96 bits per heavy atom. The van der Waals surface area contributed by atoms with Gasteiger partial charge in [0, 0.05) is 23.3 Å². The third kappa shape index (κ3) is 5.53. The van der Waals surface area contributed by atoms with Gasteiger partial charge in [-0.2, -0.15) is 27.8 Å². The Balaban J connectivity index is 1.38. The number of pyridine rings is 2. The Labute approximate surface area is 268 Å². The van der Waals surface area contributed by atoms with E-state index in [0.29, 0.717) is 44.2 Å². The van der Waals surface area contributed by atoms with Crippen LogP contribution in [-0.2, 0) is 17.8 Å². The number of carbonyl (C=O) groups is 2. The zero-order valence-corrected chi connectivity index (χ0v) is 25.3. The van der Waals surface area contributed by atoms with Crippen molar-refractivity contribution in [3.63, 3.8) is 0 Å². The number of rotatable bonds is 9. The second-order valence-corrected chi connectivity index (χ2v) is 11.9. The van der Waals surface area contributed by atoms with Gasteiger partial charge in [-0.1, -0.05) is 17.7 Å². The fourth-order valence-electron chi connectivity index (χ4n) is 5.75. The summed E-state index contributed by atoms with van der Waals surface area (Å²) in [6, 6.07) is 8.16. The number of primary amides is 1. The Bertz CT molecular complexity index is 2040. The molecule has 5 aromatic rings. The van der Waals surface area contributed by atoms with E-state index in [4.69, 9.17) is 27.1 Å². The minimum atomic E-state index is -4.20. The second-order valence-electron chi connectivity index (χ2n) is 11.5. The van der Waals surface area contributed by atoms with E-state index in [-0.39, 0.29) is 40.6 Å². The standard InChI is InChI=1S/C31H25ClF4N8O3/c1-15(21-8-9-43(41-21)30(33)34)44-28-20(13-39-44)25(26(27(37)45)22(40-28)10-16-2-3-16)17-4-7-23-24(11-17)47-31(35,36)29(46)42(23)14-19-6-5-18(32)12-38-19/h4-9,11-13,15-16,30H,2-3,10,14H2,1H3,(H2,37,45). The molecule has 1 unspecified atom stereocenters. The number of nitrogens with zero attached hydrogens (tertiary/aromatic N) is 7. The third-order valence-electron chi connectivity index (χ3n) is 8.25. The molecule has 5 heterocycles. The lowest BCUT2D eigenvalue weighted by atomic mass is 9.93. The number of halogens is 5. The highest BCUT2D eigenvalue weighted by molar-refractivity contribution is 6.30. The van der Waals surface area contributed by atoms with Crippen molar-refractivity contribution < 1.29 is 31.9 Å². The molecular formula is C31H25ClF4N8O3. The topological polar surface area (TPSA) is 134 Å². The molecule has 0 bridgehead atoms. The van der Waals surface area contributed by atoms with Crippen LogP contribution >= 0.6 is 11.6 Å². The van der Waals surface area contributed by atoms with Gasteiger partial charge in [0.2, 0.25) is 0 Å². The number of hydrogen-bond acceptors (Lipinski definition) is 7. The summed E-state index contributed by atoms with van der Waals surface area (Å²) in [7, 11) is 0. The van der Waals surface area contributed by atoms with Crippen LogP contribution in [0.4, 0.5) is 23.2 Å². The highest BCUT2D eigenvalue weighted by atomic mass is 35.5. The summed E-state index contributed by atoms with van der Waals surface area (Å²) >= 11 is 5.91. The number of benzene rings is 1. The molecule has 1 fully saturated rings. The Morgan fingerprint density at radius 3 is 2.62 bits per heavy atom. The zero-order chi connectivity index (χ0) is 33.2. The Morgan fingerprint density at radius 1 is 1.17 bits per heavy atom. The molecule has 0 spiro atoms. The van der Waals surface area contributed by atoms with E-state index in [1.165, 1.54) is 47.4 Å². The average Bonchev–Trinajstić information content (AvgIpc) is 3.52. The number of alkyl halides is 4. The van der Waals surface area contributed by atoms with Crippen molar-refractivity contribution in [2.24, 2.45) is 11.7 Å². The molecule has 1 aromatic carbocycles. The van der Waals surface area contributed by atoms with Crippen LogP contribution in [0.1, 0.15) is 59.8 Å². The van der Waals surface area contributed by atoms with Crippen LogP contribution in [0.3, 0.4) is 0 Å². The number of carbonyl (C=O) groups excluding carboxylic acids is 2. The highest BCUT2D eigenvalue weighted by Gasteiger charge is 2.50. The van der Waals surface area contributed by atoms with Crippen LogP contribution in [0.15, 0.2) is 55.0 Å². The summed E-state index contributed by atoms with van der Waals surface area (Å²) in [6.45, 7) is -1.40. The van der Waals surface area contributed by atoms with Crippen LogP contribution in [0.2, 0.25) is 5.02 Å². The molecule has 2 amide bonds. The fourth-order valence-corrected chi connectivity index (χ4v) is 5.86. The number of hydrogen-bond donors (Lipinski definition) is 1. The lowest BCUT2D eigenvalue weighted by Gasteiger charge is -2.33. The van der Waals surface area contributed by atoms with Gasteiger partial charge in [0.05, 0.1) is 52.1 Å². The number of amides is 2. The summed E-state index contributed by atoms with van der Waals surface area (Å²) < 4.78 is 63.5. The van der Waals surface area contributed by atoms with Crippen molar-refractivity contribution in [2.45, 2.75) is 51.4 Å². The van der Waals surface area contributed by atoms with Crippen molar-refractivity contribution in [3.8, 4) is 16.9 Å². The predicted octanol–water partition coefficient (Wildman–Crippen LogP) is 5.92. The largest absolute Gasteiger partial charge is 0.482 e. The van der Waals surface area contributed by atoms with E-state index in [2.05, 4.69) is 15.2 Å². The minimum absolute atomic E-state index is 0.0597. The molecule has 2 N–H and O–H groups in total. The minimum Gasteiger partial charge on any atom is -0.423 e. The second kappa shape index (κ2) is 11.3. The molecule has 4 aromatic heterocycles. The smallest absolute Gasteiger partial charge is 0.423 e. The van der Waals surface area contributed by atoms with Gasteiger partial charge in [-0.15, -0.1) is 0 Å². The van der Waals surface area contributed by atoms with Crippen LogP contribution in [0.5, 0.6) is 5.75 Å². The molecule has 0 radical (unpaired) electrons. The average molecular weight is 669 g/mol. The molecule has 7 rings (SSSR count). The van der Waals surface area contributed by atoms with Crippen molar-refractivity contribution in [2.75, 3.05) is 4.90 Å². The molecule has 1 aliphatic carbocycles. The summed E-state index contributed by atoms with van der Waals surface area (Å²) in [5, 5.41) is 9.14. The molecule has 2 aliphatic rings. The molecule has 0 saturated heterocycles. The first-order valence-corrected chi connectivity index (χ1v) is 15.0. The van der Waals surface area contributed by atoms with E-state index in [0.717, 1.165) is 23.9 Å². The normalized spacial score (nSPS) is 16.4. The van der Waals surface area contributed by atoms with E-state index >= 15 is 8.78 Å². The van der Waals surface area contributed by atoms with Gasteiger partial charge >= 0.3 is 18.6 Å². The number of anilines is 1. The fraction of sp³-hybridized carbons (Fsp3) is 0.290. The van der Waals surface area contributed by atoms with Crippen LogP contribution in [0, 0.1) is 5.92 Å². The third-order valence-corrected chi connectivity index (χ3v) is 8.47. The highest BCUT2D eigenvalue weighted by Crippen LogP contribution is 2.45. The molecule has 1 aliphatic heterocycles. The first-order valence-electron chi connectivity index (χ1n) is 14.6. The van der Waals surface area contributed by atoms with Crippen molar-refractivity contribution in [1.29, 1.82) is 0 Å². The van der Waals surface area contributed by atoms with Crippen LogP contribution in [0.25, 0.3) is 22.2 Å². The molecule has 1 saturated carbocycles. The lowest BCUT2D eigenvalue weighted by Crippen LogP contribution is -2.50. The monoisotopic (exact) mass is 668 g/mol. The first-order chi connectivity index (χ1) is 22.4. The van der Waals surface area contributed by atoms with Gasteiger partial charge < -0.3 is 10.5 Å². The lowest BCUT2D eigenvalue weighted by molar-refractivity contribution is -0.193. The number of fused-ring (bicyclic) bond motifs is 2. The Hall–Kier alpha value is -5.05. The SMILES string of the molecule is CC(c1ccn(C(F)F)n1)n1ncc2c(-c3ccc4c(c3)OC(F)(F)C(=O)N4Cc3ccc(Cl)cn3)c(C(N)=O)c(CC3CC3)nc21. The van der Waals surface area contributed by atoms with E-state index in [1.807, 2.05) is 0 Å². The maximum absolute atomic E-state index is 15.0. The van der Waals surface area contributed by atoms with Gasteiger partial charge in [0.1, 0.15) is 0 Å². The quantitative estimate of drug-likeness (QED) is 0.193. The van der Waals surface area contributed by atoms with E-state index in [9.17, 15) is 18.4 Å². The van der Waals surface area contributed by atoms with E-state index in [1.54, 1.807) is 13.0 Å². The van der Waals surface area contributed by atoms with E-state index < -0.39 is 30.5 Å². The van der Waals surface area contributed by atoms with Gasteiger partial charge in [-0.05, 0) is 68.0 Å². The van der Waals surface area contributed by atoms with Crippen LogP contribution in [-0.4, -0.2) is 47.5 Å².